The second kappa shape index (κ2) is 4.59. The molecular weight excluding hydrogens is 236 g/mol. The minimum atomic E-state index is 0.506. The Morgan fingerprint density at radius 3 is 2.65 bits per heavy atom. The molecule has 17 heavy (non-hydrogen) atoms. The molecular formula is C12H19ClN4. The summed E-state index contributed by atoms with van der Waals surface area (Å²) in [6.07, 6.45) is 4.59. The van der Waals surface area contributed by atoms with Crippen molar-refractivity contribution in [3.63, 3.8) is 0 Å². The molecule has 3 aliphatic rings. The third-order valence-electron chi connectivity index (χ3n) is 4.17. The van der Waals surface area contributed by atoms with Crippen molar-refractivity contribution in [2.45, 2.75) is 12.8 Å². The van der Waals surface area contributed by atoms with Crippen molar-refractivity contribution in [1.82, 2.24) is 15.5 Å². The van der Waals surface area contributed by atoms with Gasteiger partial charge in [-0.15, -0.1) is 0 Å². The Morgan fingerprint density at radius 1 is 1.35 bits per heavy atom. The van der Waals surface area contributed by atoms with Crippen molar-refractivity contribution in [1.29, 1.82) is 0 Å². The molecule has 3 rings (SSSR count). The summed E-state index contributed by atoms with van der Waals surface area (Å²) in [4.78, 5) is 6.64. The van der Waals surface area contributed by atoms with Gasteiger partial charge in [-0.1, -0.05) is 0 Å². The van der Waals surface area contributed by atoms with Gasteiger partial charge in [0.1, 0.15) is 0 Å². The summed E-state index contributed by atoms with van der Waals surface area (Å²) in [6, 6.07) is 0. The largest absolute Gasteiger partial charge is 0.357 e. The van der Waals surface area contributed by atoms with E-state index in [1.165, 1.54) is 44.6 Å². The smallest absolute Gasteiger partial charge is 0.196 e. The molecule has 0 aromatic rings. The molecule has 0 amide bonds. The topological polar surface area (TPSA) is 39.7 Å². The lowest BCUT2D eigenvalue weighted by Gasteiger charge is -2.48. The molecule has 4 nitrogen and oxygen atoms in total. The number of halogens is 1. The van der Waals surface area contributed by atoms with E-state index in [0.717, 1.165) is 13.1 Å². The van der Waals surface area contributed by atoms with E-state index in [1.54, 1.807) is 0 Å². The van der Waals surface area contributed by atoms with Crippen LogP contribution in [0, 0.1) is 5.41 Å². The zero-order valence-corrected chi connectivity index (χ0v) is 10.8. The molecule has 0 aromatic heterocycles. The van der Waals surface area contributed by atoms with E-state index >= 15 is 0 Å². The maximum atomic E-state index is 5.76. The first kappa shape index (κ1) is 11.5. The van der Waals surface area contributed by atoms with Crippen molar-refractivity contribution in [2.24, 2.45) is 10.4 Å². The zero-order valence-electron chi connectivity index (χ0n) is 10.0. The summed E-state index contributed by atoms with van der Waals surface area (Å²) in [5.41, 5.74) is 1.97. The second-order valence-electron chi connectivity index (χ2n) is 5.44. The van der Waals surface area contributed by atoms with Crippen molar-refractivity contribution in [3.05, 3.63) is 11.8 Å². The quantitative estimate of drug-likeness (QED) is 0.715. The maximum absolute atomic E-state index is 5.76. The van der Waals surface area contributed by atoms with Crippen LogP contribution in [0.15, 0.2) is 16.8 Å². The molecule has 3 aliphatic heterocycles. The fourth-order valence-electron chi connectivity index (χ4n) is 2.83. The van der Waals surface area contributed by atoms with Crippen LogP contribution in [-0.2, 0) is 0 Å². The van der Waals surface area contributed by atoms with Gasteiger partial charge in [0.15, 0.2) is 5.29 Å². The van der Waals surface area contributed by atoms with Gasteiger partial charge in [-0.2, -0.15) is 0 Å². The number of amidine groups is 1. The van der Waals surface area contributed by atoms with Crippen LogP contribution in [0.4, 0.5) is 0 Å². The number of nitrogens with zero attached hydrogens (tertiary/aromatic N) is 2. The van der Waals surface area contributed by atoms with Gasteiger partial charge in [0.2, 0.25) is 0 Å². The minimum absolute atomic E-state index is 0.506. The van der Waals surface area contributed by atoms with Gasteiger partial charge in [-0.3, -0.25) is 4.90 Å². The maximum Gasteiger partial charge on any atom is 0.196 e. The molecule has 2 saturated heterocycles. The number of hydrogen-bond donors (Lipinski definition) is 2. The van der Waals surface area contributed by atoms with Crippen LogP contribution in [0.5, 0.6) is 0 Å². The van der Waals surface area contributed by atoms with Crippen molar-refractivity contribution >= 4 is 16.9 Å². The van der Waals surface area contributed by atoms with Crippen LogP contribution in [0.25, 0.3) is 0 Å². The van der Waals surface area contributed by atoms with Crippen LogP contribution in [0.2, 0.25) is 0 Å². The predicted octanol–water partition coefficient (Wildman–Crippen LogP) is 0.754. The van der Waals surface area contributed by atoms with E-state index in [1.807, 2.05) is 6.20 Å². The molecule has 2 fully saturated rings. The summed E-state index contributed by atoms with van der Waals surface area (Å²) in [7, 11) is 0. The van der Waals surface area contributed by atoms with Gasteiger partial charge < -0.3 is 10.6 Å². The SMILES string of the molecule is ClC1=NC=C(CN2CCC3(CC2)CNC3)CN1. The van der Waals surface area contributed by atoms with Crippen LogP contribution >= 0.6 is 11.6 Å². The van der Waals surface area contributed by atoms with Crippen molar-refractivity contribution < 1.29 is 0 Å². The molecule has 0 saturated carbocycles. The van der Waals surface area contributed by atoms with Crippen molar-refractivity contribution in [2.75, 3.05) is 39.3 Å². The molecule has 0 aromatic carbocycles. The van der Waals surface area contributed by atoms with Gasteiger partial charge in [0, 0.05) is 32.4 Å². The van der Waals surface area contributed by atoms with Crippen LogP contribution in [0.3, 0.4) is 0 Å². The lowest BCUT2D eigenvalue weighted by molar-refractivity contribution is 0.0594. The zero-order chi connectivity index (χ0) is 11.7. The third-order valence-corrected chi connectivity index (χ3v) is 4.40. The monoisotopic (exact) mass is 254 g/mol. The normalized spacial score (nSPS) is 28.1. The Morgan fingerprint density at radius 2 is 2.12 bits per heavy atom. The molecule has 0 atom stereocenters. The number of rotatable bonds is 2. The summed E-state index contributed by atoms with van der Waals surface area (Å²) in [6.45, 7) is 6.76. The lowest BCUT2D eigenvalue weighted by Crippen LogP contribution is -2.58. The number of piperidine rings is 1. The minimum Gasteiger partial charge on any atom is -0.357 e. The molecule has 94 valence electrons. The highest BCUT2D eigenvalue weighted by Gasteiger charge is 2.39. The predicted molar refractivity (Wildman–Crippen MR) is 70.4 cm³/mol. The highest BCUT2D eigenvalue weighted by Crippen LogP contribution is 2.34. The molecule has 1 spiro atoms. The van der Waals surface area contributed by atoms with Crippen molar-refractivity contribution in [3.8, 4) is 0 Å². The van der Waals surface area contributed by atoms with Gasteiger partial charge in [-0.25, -0.2) is 4.99 Å². The molecule has 5 heteroatoms. The Balaban J connectivity index is 1.50. The summed E-state index contributed by atoms with van der Waals surface area (Å²) >= 11 is 5.76. The van der Waals surface area contributed by atoms with Gasteiger partial charge in [0.05, 0.1) is 0 Å². The van der Waals surface area contributed by atoms with E-state index in [-0.39, 0.29) is 0 Å². The first-order chi connectivity index (χ1) is 8.26. The van der Waals surface area contributed by atoms with Gasteiger partial charge >= 0.3 is 0 Å². The molecule has 0 aliphatic carbocycles. The van der Waals surface area contributed by atoms with E-state index in [2.05, 4.69) is 20.5 Å². The Hall–Kier alpha value is -0.580. The van der Waals surface area contributed by atoms with E-state index in [4.69, 9.17) is 11.6 Å². The Kier molecular flexibility index (Phi) is 3.11. The summed E-state index contributed by atoms with van der Waals surface area (Å²) in [5.74, 6) is 0. The highest BCUT2D eigenvalue weighted by molar-refractivity contribution is 6.64. The Bertz CT molecular complexity index is 350. The van der Waals surface area contributed by atoms with Crippen LogP contribution in [-0.4, -0.2) is 49.5 Å². The molecule has 3 heterocycles. The number of likely N-dealkylation sites (tertiary alicyclic amines) is 1. The molecule has 2 N–H and O–H groups in total. The Labute approximate surface area is 107 Å². The summed E-state index contributed by atoms with van der Waals surface area (Å²) < 4.78 is 0. The number of hydrogen-bond acceptors (Lipinski definition) is 4. The van der Waals surface area contributed by atoms with Crippen LogP contribution in [0.1, 0.15) is 12.8 Å². The second-order valence-corrected chi connectivity index (χ2v) is 5.80. The van der Waals surface area contributed by atoms with E-state index in [9.17, 15) is 0 Å². The molecule has 0 unspecified atom stereocenters. The number of nitrogens with one attached hydrogen (secondary N) is 2. The van der Waals surface area contributed by atoms with Gasteiger partial charge in [0.25, 0.3) is 0 Å². The molecule has 0 bridgehead atoms. The first-order valence-corrected chi connectivity index (χ1v) is 6.72. The standard InChI is InChI=1S/C12H19ClN4/c13-11-15-5-10(6-16-11)7-17-3-1-12(2-4-17)8-14-9-12/h5,14H,1-4,6-9H2,(H,15,16). The van der Waals surface area contributed by atoms with Gasteiger partial charge in [-0.05, 0) is 48.5 Å². The fourth-order valence-corrected chi connectivity index (χ4v) is 2.94. The first-order valence-electron chi connectivity index (χ1n) is 6.34. The summed E-state index contributed by atoms with van der Waals surface area (Å²) in [5, 5.41) is 6.98. The fraction of sp³-hybridized carbons (Fsp3) is 0.750. The number of aliphatic imine (C=N–C) groups is 1. The average molecular weight is 255 g/mol. The molecule has 0 radical (unpaired) electrons. The van der Waals surface area contributed by atoms with E-state index < -0.39 is 0 Å². The van der Waals surface area contributed by atoms with Crippen LogP contribution < -0.4 is 10.6 Å². The van der Waals surface area contributed by atoms with E-state index in [0.29, 0.717) is 10.7 Å². The lowest BCUT2D eigenvalue weighted by atomic mass is 9.73. The average Bonchev–Trinajstić information content (AvgIpc) is 2.31. The third kappa shape index (κ3) is 2.49. The highest BCUT2D eigenvalue weighted by atomic mass is 35.5.